The first kappa shape index (κ1) is 26.8. The Kier molecular flexibility index (Phi) is 12.1. The summed E-state index contributed by atoms with van der Waals surface area (Å²) in [5, 5.41) is 23.6. The van der Waals surface area contributed by atoms with Gasteiger partial charge >= 0.3 is 11.9 Å². The molecular weight excluding hydrogens is 408 g/mol. The maximum absolute atomic E-state index is 12.6. The zero-order valence-electron chi connectivity index (χ0n) is 18.5. The first-order valence-corrected chi connectivity index (χ1v) is 11.0. The van der Waals surface area contributed by atoms with E-state index in [0.717, 1.165) is 25.7 Å². The van der Waals surface area contributed by atoms with Gasteiger partial charge in [-0.1, -0.05) is 39.5 Å². The van der Waals surface area contributed by atoms with E-state index in [1.807, 2.05) is 13.8 Å². The molecule has 1 aliphatic rings. The van der Waals surface area contributed by atoms with Crippen LogP contribution in [-0.4, -0.2) is 72.5 Å². The summed E-state index contributed by atoms with van der Waals surface area (Å²) >= 11 is 0. The van der Waals surface area contributed by atoms with Gasteiger partial charge in [-0.15, -0.1) is 0 Å². The lowest BCUT2D eigenvalue weighted by atomic mass is 10.0. The van der Waals surface area contributed by atoms with Crippen LogP contribution < -0.4 is 10.6 Å². The number of nitrogens with one attached hydrogen (secondary N) is 2. The summed E-state index contributed by atoms with van der Waals surface area (Å²) in [7, 11) is 0. The number of carbonyl (C=O) groups is 4. The number of carbonyl (C=O) groups excluding carboxylic acids is 4. The summed E-state index contributed by atoms with van der Waals surface area (Å²) in [6, 6.07) is -2.56. The molecule has 1 fully saturated rings. The fourth-order valence-corrected chi connectivity index (χ4v) is 2.88. The highest BCUT2D eigenvalue weighted by atomic mass is 16.5. The molecule has 0 aromatic heterocycles. The highest BCUT2D eigenvalue weighted by molar-refractivity contribution is 6.09. The van der Waals surface area contributed by atoms with Gasteiger partial charge in [-0.2, -0.15) is 0 Å². The molecule has 0 radical (unpaired) electrons. The second-order valence-corrected chi connectivity index (χ2v) is 7.75. The van der Waals surface area contributed by atoms with Gasteiger partial charge in [-0.25, -0.2) is 9.59 Å². The molecule has 0 spiro atoms. The second kappa shape index (κ2) is 14.0. The Morgan fingerprint density at radius 1 is 0.774 bits per heavy atom. The molecule has 0 aromatic rings. The van der Waals surface area contributed by atoms with Crippen LogP contribution in [0.15, 0.2) is 0 Å². The number of hydrogen-bond acceptors (Lipinski definition) is 8. The lowest BCUT2D eigenvalue weighted by molar-refractivity contribution is -0.152. The predicted octanol–water partition coefficient (Wildman–Crippen LogP) is 0.188. The SMILES string of the molecule is CCCCCOC(=O)[C@@H](CO)NC(=O)C1(C(=O)N[C@H](CO)C(=O)OCCCCC)CC1. The smallest absolute Gasteiger partial charge is 0.331 e. The molecule has 0 saturated heterocycles. The van der Waals surface area contributed by atoms with Gasteiger partial charge in [0, 0.05) is 0 Å². The average Bonchev–Trinajstić information content (AvgIpc) is 3.58. The fourth-order valence-electron chi connectivity index (χ4n) is 2.88. The lowest BCUT2D eigenvalue weighted by Crippen LogP contribution is -2.54. The number of amides is 2. The molecule has 1 saturated carbocycles. The van der Waals surface area contributed by atoms with Crippen LogP contribution >= 0.6 is 0 Å². The number of aliphatic hydroxyl groups excluding tert-OH is 2. The predicted molar refractivity (Wildman–Crippen MR) is 111 cm³/mol. The molecule has 1 rings (SSSR count). The van der Waals surface area contributed by atoms with Crippen LogP contribution in [-0.2, 0) is 28.7 Å². The molecule has 2 atom stereocenters. The highest BCUT2D eigenvalue weighted by Crippen LogP contribution is 2.46. The minimum absolute atomic E-state index is 0.184. The Bertz CT molecular complexity index is 558. The van der Waals surface area contributed by atoms with Gasteiger partial charge in [0.25, 0.3) is 0 Å². The van der Waals surface area contributed by atoms with Crippen LogP contribution in [0.5, 0.6) is 0 Å². The van der Waals surface area contributed by atoms with Crippen molar-refractivity contribution in [3.63, 3.8) is 0 Å². The lowest BCUT2D eigenvalue weighted by Gasteiger charge is -2.22. The summed E-state index contributed by atoms with van der Waals surface area (Å²) in [5.41, 5.74) is -1.45. The summed E-state index contributed by atoms with van der Waals surface area (Å²) in [4.78, 5) is 49.4. The third kappa shape index (κ3) is 8.45. The third-order valence-electron chi connectivity index (χ3n) is 5.15. The van der Waals surface area contributed by atoms with Gasteiger partial charge < -0.3 is 30.3 Å². The molecule has 2 amide bonds. The van der Waals surface area contributed by atoms with E-state index < -0.39 is 54.5 Å². The Morgan fingerprint density at radius 3 is 1.45 bits per heavy atom. The second-order valence-electron chi connectivity index (χ2n) is 7.75. The van der Waals surface area contributed by atoms with E-state index in [-0.39, 0.29) is 26.1 Å². The maximum atomic E-state index is 12.6. The van der Waals surface area contributed by atoms with Crippen molar-refractivity contribution in [2.75, 3.05) is 26.4 Å². The molecule has 0 bridgehead atoms. The average molecular weight is 445 g/mol. The van der Waals surface area contributed by atoms with Crippen LogP contribution in [0.25, 0.3) is 0 Å². The van der Waals surface area contributed by atoms with Crippen molar-refractivity contribution < 1.29 is 38.9 Å². The first-order valence-electron chi connectivity index (χ1n) is 11.0. The molecule has 1 aliphatic carbocycles. The van der Waals surface area contributed by atoms with E-state index in [1.165, 1.54) is 0 Å². The molecule has 10 nitrogen and oxygen atoms in total. The standard InChI is InChI=1S/C21H36N2O8/c1-3-5-7-11-30-17(26)15(13-24)22-19(28)21(9-10-21)20(29)23-16(14-25)18(27)31-12-8-6-4-2/h15-16,24-25H,3-14H2,1-2H3,(H,22,28)(H,23,29)/t15-,16-/m1/s1. The van der Waals surface area contributed by atoms with Gasteiger partial charge in [0.05, 0.1) is 26.4 Å². The quantitative estimate of drug-likeness (QED) is 0.150. The largest absolute Gasteiger partial charge is 0.464 e. The highest BCUT2D eigenvalue weighted by Gasteiger charge is 2.57. The Morgan fingerprint density at radius 2 is 1.16 bits per heavy atom. The zero-order valence-corrected chi connectivity index (χ0v) is 18.5. The normalized spacial score (nSPS) is 16.0. The molecular formula is C21H36N2O8. The van der Waals surface area contributed by atoms with Gasteiger partial charge in [0.1, 0.15) is 5.41 Å². The van der Waals surface area contributed by atoms with Crippen LogP contribution in [0.1, 0.15) is 65.2 Å². The van der Waals surface area contributed by atoms with Crippen LogP contribution in [0.3, 0.4) is 0 Å². The van der Waals surface area contributed by atoms with Gasteiger partial charge in [0.2, 0.25) is 11.8 Å². The molecule has 0 heterocycles. The monoisotopic (exact) mass is 444 g/mol. The van der Waals surface area contributed by atoms with Crippen LogP contribution in [0, 0.1) is 5.41 Å². The number of aliphatic hydroxyl groups is 2. The van der Waals surface area contributed by atoms with Crippen molar-refractivity contribution in [3.8, 4) is 0 Å². The summed E-state index contributed by atoms with van der Waals surface area (Å²) in [6.07, 6.45) is 5.48. The Balaban J connectivity index is 2.59. The fraction of sp³-hybridized carbons (Fsp3) is 0.810. The first-order chi connectivity index (χ1) is 14.9. The molecule has 178 valence electrons. The van der Waals surface area contributed by atoms with Crippen LogP contribution in [0.4, 0.5) is 0 Å². The van der Waals surface area contributed by atoms with Crippen molar-refractivity contribution in [3.05, 3.63) is 0 Å². The zero-order chi connectivity index (χ0) is 23.3. The van der Waals surface area contributed by atoms with Gasteiger partial charge in [-0.3, -0.25) is 9.59 Å². The number of unbranched alkanes of at least 4 members (excludes halogenated alkanes) is 4. The summed E-state index contributed by atoms with van der Waals surface area (Å²) < 4.78 is 10.1. The van der Waals surface area contributed by atoms with E-state index in [0.29, 0.717) is 12.8 Å². The number of ether oxygens (including phenoxy) is 2. The van der Waals surface area contributed by atoms with Crippen molar-refractivity contribution in [1.82, 2.24) is 10.6 Å². The van der Waals surface area contributed by atoms with E-state index in [2.05, 4.69) is 10.6 Å². The van der Waals surface area contributed by atoms with Crippen LogP contribution in [0.2, 0.25) is 0 Å². The molecule has 31 heavy (non-hydrogen) atoms. The van der Waals surface area contributed by atoms with Crippen molar-refractivity contribution >= 4 is 23.8 Å². The van der Waals surface area contributed by atoms with E-state index >= 15 is 0 Å². The van der Waals surface area contributed by atoms with Gasteiger partial charge in [0.15, 0.2) is 12.1 Å². The molecule has 0 unspecified atom stereocenters. The minimum atomic E-state index is -1.45. The topological polar surface area (TPSA) is 151 Å². The summed E-state index contributed by atoms with van der Waals surface area (Å²) in [5.74, 6) is -3.01. The minimum Gasteiger partial charge on any atom is -0.464 e. The van der Waals surface area contributed by atoms with Gasteiger partial charge in [-0.05, 0) is 25.7 Å². The third-order valence-corrected chi connectivity index (χ3v) is 5.15. The Hall–Kier alpha value is -2.20. The summed E-state index contributed by atoms with van der Waals surface area (Å²) in [6.45, 7) is 3.05. The Labute approximate surface area is 183 Å². The number of rotatable bonds is 16. The molecule has 0 aliphatic heterocycles. The maximum Gasteiger partial charge on any atom is 0.331 e. The van der Waals surface area contributed by atoms with E-state index in [9.17, 15) is 29.4 Å². The molecule has 10 heteroatoms. The van der Waals surface area contributed by atoms with Crippen molar-refractivity contribution in [2.45, 2.75) is 77.3 Å². The molecule has 4 N–H and O–H groups in total. The van der Waals surface area contributed by atoms with E-state index in [1.54, 1.807) is 0 Å². The number of esters is 2. The van der Waals surface area contributed by atoms with Crippen molar-refractivity contribution in [2.24, 2.45) is 5.41 Å². The molecule has 0 aromatic carbocycles. The van der Waals surface area contributed by atoms with E-state index in [4.69, 9.17) is 9.47 Å². The van der Waals surface area contributed by atoms with Crippen molar-refractivity contribution in [1.29, 1.82) is 0 Å². The number of hydrogen-bond donors (Lipinski definition) is 4.